The van der Waals surface area contributed by atoms with Crippen LogP contribution in [-0.2, 0) is 16.1 Å². The normalized spacial score (nSPS) is 17.6. The van der Waals surface area contributed by atoms with Crippen molar-refractivity contribution in [2.75, 3.05) is 31.1 Å². The Bertz CT molecular complexity index is 612. The number of esters is 1. The first kappa shape index (κ1) is 16.1. The highest BCUT2D eigenvalue weighted by atomic mass is 35.5. The molecule has 5 nitrogen and oxygen atoms in total. The van der Waals surface area contributed by atoms with E-state index in [1.165, 1.54) is 24.9 Å². The van der Waals surface area contributed by atoms with Crippen LogP contribution in [0.5, 0.6) is 0 Å². The quantitative estimate of drug-likeness (QED) is 0.625. The van der Waals surface area contributed by atoms with E-state index in [9.17, 15) is 4.79 Å². The third-order valence-corrected chi connectivity index (χ3v) is 4.57. The molecule has 1 aromatic rings. The van der Waals surface area contributed by atoms with Crippen LogP contribution >= 0.6 is 11.6 Å². The fraction of sp³-hybridized carbons (Fsp3) is 0.529. The van der Waals surface area contributed by atoms with E-state index in [-0.39, 0.29) is 12.5 Å². The van der Waals surface area contributed by atoms with Crippen molar-refractivity contribution in [1.29, 1.82) is 0 Å². The lowest BCUT2D eigenvalue weighted by atomic mass is 10.1. The first-order chi connectivity index (χ1) is 11.2. The van der Waals surface area contributed by atoms with Crippen molar-refractivity contribution in [1.82, 2.24) is 4.90 Å². The molecule has 0 N–H and O–H groups in total. The number of carbonyl (C=O) groups excluding carboxylic acids is 1. The summed E-state index contributed by atoms with van der Waals surface area (Å²) in [6, 6.07) is 6.30. The minimum atomic E-state index is -0.281. The monoisotopic (exact) mass is 335 g/mol. The van der Waals surface area contributed by atoms with E-state index < -0.39 is 0 Å². The molecule has 1 aromatic carbocycles. The van der Waals surface area contributed by atoms with Crippen LogP contribution in [0.4, 0.5) is 11.4 Å². The molecule has 2 aliphatic rings. The lowest BCUT2D eigenvalue weighted by Gasteiger charge is -2.31. The molecule has 23 heavy (non-hydrogen) atoms. The van der Waals surface area contributed by atoms with Gasteiger partial charge in [0, 0.05) is 25.3 Å². The Balaban J connectivity index is 1.76. The van der Waals surface area contributed by atoms with Crippen LogP contribution in [0.1, 0.15) is 31.7 Å². The lowest BCUT2D eigenvalue weighted by molar-refractivity contribution is -0.143. The van der Waals surface area contributed by atoms with Crippen molar-refractivity contribution in [2.24, 2.45) is 4.99 Å². The predicted octanol–water partition coefficient (Wildman–Crippen LogP) is 3.28. The zero-order valence-corrected chi connectivity index (χ0v) is 14.2. The van der Waals surface area contributed by atoms with E-state index >= 15 is 0 Å². The highest BCUT2D eigenvalue weighted by Crippen LogP contribution is 2.32. The molecule has 6 heteroatoms. The maximum absolute atomic E-state index is 11.7. The molecule has 1 fully saturated rings. The van der Waals surface area contributed by atoms with Crippen molar-refractivity contribution in [2.45, 2.75) is 32.7 Å². The highest BCUT2D eigenvalue weighted by Gasteiger charge is 2.22. The first-order valence-corrected chi connectivity index (χ1v) is 8.58. The molecule has 0 aromatic heterocycles. The number of fused-ring (bicyclic) bond motifs is 1. The van der Waals surface area contributed by atoms with Gasteiger partial charge >= 0.3 is 5.97 Å². The van der Waals surface area contributed by atoms with Gasteiger partial charge in [0.15, 0.2) is 5.29 Å². The number of ether oxygens (including phenoxy) is 1. The van der Waals surface area contributed by atoms with E-state index in [0.717, 1.165) is 24.3 Å². The Labute approximate surface area is 141 Å². The summed E-state index contributed by atoms with van der Waals surface area (Å²) in [5.41, 5.74) is 3.21. The molecule has 3 rings (SSSR count). The summed E-state index contributed by atoms with van der Waals surface area (Å²) < 4.78 is 5.00. The van der Waals surface area contributed by atoms with Gasteiger partial charge in [0.2, 0.25) is 0 Å². The van der Waals surface area contributed by atoms with Crippen LogP contribution in [0, 0.1) is 0 Å². The number of halogens is 1. The topological polar surface area (TPSA) is 45.1 Å². The third kappa shape index (κ3) is 3.78. The molecule has 1 saturated heterocycles. The van der Waals surface area contributed by atoms with Gasteiger partial charge < -0.3 is 14.5 Å². The Morgan fingerprint density at radius 1 is 1.30 bits per heavy atom. The molecule has 0 saturated carbocycles. The van der Waals surface area contributed by atoms with Crippen LogP contribution in [0.3, 0.4) is 0 Å². The molecule has 0 aliphatic carbocycles. The number of hydrogen-bond donors (Lipinski definition) is 0. The Morgan fingerprint density at radius 3 is 2.83 bits per heavy atom. The Hall–Kier alpha value is -1.75. The average molecular weight is 336 g/mol. The predicted molar refractivity (Wildman–Crippen MR) is 92.5 cm³/mol. The number of aliphatic imine (C=N–C) groups is 1. The lowest BCUT2D eigenvalue weighted by Crippen LogP contribution is -2.35. The van der Waals surface area contributed by atoms with Crippen molar-refractivity contribution < 1.29 is 9.53 Å². The molecule has 2 heterocycles. The van der Waals surface area contributed by atoms with E-state index in [2.05, 4.69) is 22.0 Å². The Kier molecular flexibility index (Phi) is 5.06. The SMILES string of the molecule is CCOC(=O)CN1Cc2cc(N3CCCCC3)ccc2N=C1Cl. The second kappa shape index (κ2) is 7.21. The fourth-order valence-corrected chi connectivity index (χ4v) is 3.29. The number of nitrogens with zero attached hydrogens (tertiary/aromatic N) is 3. The van der Waals surface area contributed by atoms with E-state index in [4.69, 9.17) is 16.3 Å². The maximum Gasteiger partial charge on any atom is 0.325 e. The van der Waals surface area contributed by atoms with Gasteiger partial charge in [-0.15, -0.1) is 0 Å². The fourth-order valence-electron chi connectivity index (χ4n) is 3.08. The summed E-state index contributed by atoms with van der Waals surface area (Å²) in [4.78, 5) is 20.3. The van der Waals surface area contributed by atoms with Gasteiger partial charge in [-0.1, -0.05) is 0 Å². The van der Waals surface area contributed by atoms with Gasteiger partial charge in [0.1, 0.15) is 6.54 Å². The summed E-state index contributed by atoms with van der Waals surface area (Å²) in [7, 11) is 0. The molecule has 0 bridgehead atoms. The smallest absolute Gasteiger partial charge is 0.325 e. The van der Waals surface area contributed by atoms with Gasteiger partial charge in [-0.05, 0) is 61.5 Å². The van der Waals surface area contributed by atoms with Crippen molar-refractivity contribution >= 4 is 34.2 Å². The van der Waals surface area contributed by atoms with Crippen LogP contribution in [0.25, 0.3) is 0 Å². The van der Waals surface area contributed by atoms with Crippen molar-refractivity contribution in [3.05, 3.63) is 23.8 Å². The molecular formula is C17H22ClN3O2. The number of piperidine rings is 1. The van der Waals surface area contributed by atoms with Crippen LogP contribution in [0.15, 0.2) is 23.2 Å². The Morgan fingerprint density at radius 2 is 2.09 bits per heavy atom. The number of rotatable bonds is 4. The molecule has 0 radical (unpaired) electrons. The minimum absolute atomic E-state index is 0.129. The summed E-state index contributed by atoms with van der Waals surface area (Å²) in [6.45, 7) is 5.09. The second-order valence-electron chi connectivity index (χ2n) is 5.90. The molecular weight excluding hydrogens is 314 g/mol. The van der Waals surface area contributed by atoms with E-state index in [1.54, 1.807) is 11.8 Å². The molecule has 0 unspecified atom stereocenters. The second-order valence-corrected chi connectivity index (χ2v) is 6.24. The number of carbonyl (C=O) groups is 1. The van der Waals surface area contributed by atoms with Gasteiger partial charge in [-0.3, -0.25) is 4.79 Å². The van der Waals surface area contributed by atoms with E-state index in [1.807, 2.05) is 6.07 Å². The van der Waals surface area contributed by atoms with Gasteiger partial charge in [0.25, 0.3) is 0 Å². The van der Waals surface area contributed by atoms with Crippen LogP contribution in [-0.4, -0.2) is 42.4 Å². The number of amidine groups is 1. The van der Waals surface area contributed by atoms with Gasteiger partial charge in [-0.2, -0.15) is 0 Å². The number of benzene rings is 1. The van der Waals surface area contributed by atoms with Gasteiger partial charge in [-0.25, -0.2) is 4.99 Å². The zero-order valence-electron chi connectivity index (χ0n) is 13.4. The molecule has 124 valence electrons. The molecule has 2 aliphatic heterocycles. The van der Waals surface area contributed by atoms with Crippen molar-refractivity contribution in [3.8, 4) is 0 Å². The summed E-state index contributed by atoms with van der Waals surface area (Å²) >= 11 is 6.20. The largest absolute Gasteiger partial charge is 0.465 e. The highest BCUT2D eigenvalue weighted by molar-refractivity contribution is 6.65. The van der Waals surface area contributed by atoms with Crippen molar-refractivity contribution in [3.63, 3.8) is 0 Å². The standard InChI is InChI=1S/C17H22ClN3O2/c1-2-23-16(22)12-21-11-13-10-14(20-8-4-3-5-9-20)6-7-15(13)19-17(21)18/h6-7,10H,2-5,8-9,11-12H2,1H3. The minimum Gasteiger partial charge on any atom is -0.465 e. The third-order valence-electron chi connectivity index (χ3n) is 4.24. The summed E-state index contributed by atoms with van der Waals surface area (Å²) in [6.07, 6.45) is 3.81. The van der Waals surface area contributed by atoms with Crippen LogP contribution in [0.2, 0.25) is 0 Å². The zero-order chi connectivity index (χ0) is 16.2. The molecule has 0 spiro atoms. The summed E-state index contributed by atoms with van der Waals surface area (Å²) in [5.74, 6) is -0.281. The van der Waals surface area contributed by atoms with Crippen LogP contribution < -0.4 is 4.90 Å². The molecule has 0 atom stereocenters. The maximum atomic E-state index is 11.7. The van der Waals surface area contributed by atoms with E-state index in [0.29, 0.717) is 18.4 Å². The van der Waals surface area contributed by atoms with Gasteiger partial charge in [0.05, 0.1) is 12.3 Å². The summed E-state index contributed by atoms with van der Waals surface area (Å²) in [5, 5.41) is 0.344. The molecule has 0 amide bonds. The average Bonchev–Trinajstić information content (AvgIpc) is 2.56. The first-order valence-electron chi connectivity index (χ1n) is 8.20. The number of hydrogen-bond acceptors (Lipinski definition) is 5. The number of anilines is 1.